The molecule has 0 unspecified atom stereocenters. The Labute approximate surface area is 94.0 Å². The van der Waals surface area contributed by atoms with Crippen molar-refractivity contribution in [3.63, 3.8) is 0 Å². The molecule has 0 heterocycles. The molecule has 0 spiro atoms. The van der Waals surface area contributed by atoms with E-state index in [0.717, 1.165) is 12.6 Å². The molecule has 2 N–H and O–H groups in total. The quantitative estimate of drug-likeness (QED) is 0.854. The van der Waals surface area contributed by atoms with Crippen LogP contribution in [-0.2, 0) is 6.54 Å². The fraction of sp³-hybridized carbons (Fsp3) is 0.500. The molecule has 0 amide bonds. The minimum absolute atomic E-state index is 0.888. The van der Waals surface area contributed by atoms with Gasteiger partial charge in [-0.15, -0.1) is 0 Å². The lowest BCUT2D eigenvalue weighted by atomic mass is 10.2. The Hall–Kier alpha value is -0.340. The van der Waals surface area contributed by atoms with Crippen LogP contribution in [0.15, 0.2) is 28.7 Å². The Morgan fingerprint density at radius 2 is 1.79 bits per heavy atom. The second-order valence-electron chi connectivity index (χ2n) is 4.11. The Morgan fingerprint density at radius 3 is 2.43 bits per heavy atom. The fourth-order valence-corrected chi connectivity index (χ4v) is 2.38. The second kappa shape index (κ2) is 4.94. The third-order valence-corrected chi connectivity index (χ3v) is 3.53. The van der Waals surface area contributed by atoms with Gasteiger partial charge in [-0.05, 0) is 37.8 Å². The maximum absolute atomic E-state index is 3.45. The lowest BCUT2D eigenvalue weighted by molar-refractivity contribution is -0.703. The molecule has 76 valence electrons. The highest BCUT2D eigenvalue weighted by atomic mass is 79.9. The summed E-state index contributed by atoms with van der Waals surface area (Å²) in [6.07, 6.45) is 5.69. The van der Waals surface area contributed by atoms with Gasteiger partial charge in [-0.1, -0.05) is 28.1 Å². The van der Waals surface area contributed by atoms with Crippen molar-refractivity contribution in [1.29, 1.82) is 0 Å². The standard InChI is InChI=1S/C12H16BrN/c13-11-7-5-10(6-8-11)9-14-12-3-1-2-4-12/h5-8,12,14H,1-4,9H2/p+1. The summed E-state index contributed by atoms with van der Waals surface area (Å²) in [5.41, 5.74) is 1.43. The Bertz CT molecular complexity index is 275. The molecular formula is C12H17BrN+. The lowest BCUT2D eigenvalue weighted by Gasteiger charge is -2.08. The number of rotatable bonds is 3. The van der Waals surface area contributed by atoms with E-state index >= 15 is 0 Å². The number of nitrogens with two attached hydrogens (primary N) is 1. The Balaban J connectivity index is 1.82. The zero-order valence-electron chi connectivity index (χ0n) is 8.38. The van der Waals surface area contributed by atoms with Crippen LogP contribution in [0.2, 0.25) is 0 Å². The van der Waals surface area contributed by atoms with Crippen LogP contribution in [0.25, 0.3) is 0 Å². The maximum Gasteiger partial charge on any atom is 0.101 e. The first kappa shape index (κ1) is 10.2. The van der Waals surface area contributed by atoms with Gasteiger partial charge in [-0.2, -0.15) is 0 Å². The number of quaternary nitrogens is 1. The molecule has 0 saturated heterocycles. The van der Waals surface area contributed by atoms with Crippen LogP contribution in [0.1, 0.15) is 31.2 Å². The summed E-state index contributed by atoms with van der Waals surface area (Å²) in [7, 11) is 0. The van der Waals surface area contributed by atoms with Crippen molar-refractivity contribution in [2.75, 3.05) is 0 Å². The van der Waals surface area contributed by atoms with E-state index < -0.39 is 0 Å². The molecular weight excluding hydrogens is 238 g/mol. The van der Waals surface area contributed by atoms with Crippen LogP contribution >= 0.6 is 15.9 Å². The number of hydrogen-bond donors (Lipinski definition) is 1. The highest BCUT2D eigenvalue weighted by molar-refractivity contribution is 9.10. The van der Waals surface area contributed by atoms with Gasteiger partial charge in [0, 0.05) is 10.0 Å². The molecule has 0 aromatic heterocycles. The largest absolute Gasteiger partial charge is 0.340 e. The third kappa shape index (κ3) is 2.82. The highest BCUT2D eigenvalue weighted by Gasteiger charge is 2.17. The van der Waals surface area contributed by atoms with E-state index in [-0.39, 0.29) is 0 Å². The molecule has 0 bridgehead atoms. The number of halogens is 1. The molecule has 1 fully saturated rings. The first-order chi connectivity index (χ1) is 6.84. The van der Waals surface area contributed by atoms with Crippen molar-refractivity contribution in [2.24, 2.45) is 0 Å². The summed E-state index contributed by atoms with van der Waals surface area (Å²) >= 11 is 3.45. The SMILES string of the molecule is Brc1ccc(C[NH2+]C2CCCC2)cc1. The zero-order chi connectivity index (χ0) is 9.80. The van der Waals surface area contributed by atoms with Gasteiger partial charge in [0.15, 0.2) is 0 Å². The highest BCUT2D eigenvalue weighted by Crippen LogP contribution is 2.15. The molecule has 0 radical (unpaired) electrons. The predicted octanol–water partition coefficient (Wildman–Crippen LogP) is 2.46. The van der Waals surface area contributed by atoms with Gasteiger partial charge >= 0.3 is 0 Å². The Kier molecular flexibility index (Phi) is 3.60. The van der Waals surface area contributed by atoms with Gasteiger partial charge in [0.05, 0.1) is 6.04 Å². The average molecular weight is 255 g/mol. The topological polar surface area (TPSA) is 16.6 Å². The molecule has 1 aliphatic carbocycles. The van der Waals surface area contributed by atoms with Gasteiger partial charge in [-0.3, -0.25) is 0 Å². The number of benzene rings is 1. The summed E-state index contributed by atoms with van der Waals surface area (Å²) in [4.78, 5) is 0. The smallest absolute Gasteiger partial charge is 0.101 e. The summed E-state index contributed by atoms with van der Waals surface area (Å²) in [5.74, 6) is 0. The van der Waals surface area contributed by atoms with E-state index in [4.69, 9.17) is 0 Å². The predicted molar refractivity (Wildman–Crippen MR) is 62.0 cm³/mol. The van der Waals surface area contributed by atoms with Gasteiger partial charge in [0.2, 0.25) is 0 Å². The van der Waals surface area contributed by atoms with E-state index in [9.17, 15) is 0 Å². The van der Waals surface area contributed by atoms with Crippen molar-refractivity contribution >= 4 is 15.9 Å². The van der Waals surface area contributed by atoms with Gasteiger partial charge in [0.25, 0.3) is 0 Å². The van der Waals surface area contributed by atoms with Gasteiger partial charge in [-0.25, -0.2) is 0 Å². The molecule has 1 aliphatic rings. The molecule has 0 atom stereocenters. The Morgan fingerprint density at radius 1 is 1.14 bits per heavy atom. The first-order valence-electron chi connectivity index (χ1n) is 5.42. The molecule has 1 nitrogen and oxygen atoms in total. The van der Waals surface area contributed by atoms with E-state index in [1.807, 2.05) is 0 Å². The second-order valence-corrected chi connectivity index (χ2v) is 5.03. The van der Waals surface area contributed by atoms with Crippen molar-refractivity contribution in [1.82, 2.24) is 0 Å². The van der Waals surface area contributed by atoms with E-state index in [1.165, 1.54) is 35.7 Å². The van der Waals surface area contributed by atoms with E-state index in [0.29, 0.717) is 0 Å². The van der Waals surface area contributed by atoms with Crippen molar-refractivity contribution < 1.29 is 5.32 Å². The molecule has 14 heavy (non-hydrogen) atoms. The average Bonchev–Trinajstić information content (AvgIpc) is 2.70. The van der Waals surface area contributed by atoms with Crippen molar-refractivity contribution in [3.05, 3.63) is 34.3 Å². The van der Waals surface area contributed by atoms with Crippen molar-refractivity contribution in [3.8, 4) is 0 Å². The minimum Gasteiger partial charge on any atom is -0.340 e. The zero-order valence-corrected chi connectivity index (χ0v) is 9.96. The van der Waals surface area contributed by atoms with Crippen LogP contribution in [0, 0.1) is 0 Å². The summed E-state index contributed by atoms with van der Waals surface area (Å²) in [6, 6.07) is 9.54. The fourth-order valence-electron chi connectivity index (χ4n) is 2.12. The van der Waals surface area contributed by atoms with Gasteiger partial charge in [0.1, 0.15) is 6.54 Å². The monoisotopic (exact) mass is 254 g/mol. The molecule has 1 saturated carbocycles. The van der Waals surface area contributed by atoms with Crippen LogP contribution in [0.3, 0.4) is 0 Å². The summed E-state index contributed by atoms with van der Waals surface area (Å²) in [6.45, 7) is 1.14. The molecule has 2 rings (SSSR count). The normalized spacial score (nSPS) is 17.5. The first-order valence-corrected chi connectivity index (χ1v) is 6.21. The maximum atomic E-state index is 3.45. The van der Waals surface area contributed by atoms with Crippen molar-refractivity contribution in [2.45, 2.75) is 38.3 Å². The van der Waals surface area contributed by atoms with E-state index in [1.54, 1.807) is 0 Å². The van der Waals surface area contributed by atoms with E-state index in [2.05, 4.69) is 45.5 Å². The molecule has 0 aliphatic heterocycles. The summed E-state index contributed by atoms with van der Waals surface area (Å²) < 4.78 is 1.17. The lowest BCUT2D eigenvalue weighted by Crippen LogP contribution is -2.87. The van der Waals surface area contributed by atoms with Crippen LogP contribution < -0.4 is 5.32 Å². The van der Waals surface area contributed by atoms with Gasteiger partial charge < -0.3 is 5.32 Å². The van der Waals surface area contributed by atoms with Crippen LogP contribution in [0.5, 0.6) is 0 Å². The number of hydrogen-bond acceptors (Lipinski definition) is 0. The van der Waals surface area contributed by atoms with Crippen LogP contribution in [0.4, 0.5) is 0 Å². The minimum atomic E-state index is 0.888. The van der Waals surface area contributed by atoms with Crippen LogP contribution in [-0.4, -0.2) is 6.04 Å². The molecule has 2 heteroatoms. The molecule has 1 aromatic carbocycles. The molecule has 1 aromatic rings. The summed E-state index contributed by atoms with van der Waals surface area (Å²) in [5, 5.41) is 2.50. The third-order valence-electron chi connectivity index (χ3n) is 3.00.